The Hall–Kier alpha value is -2.09. The summed E-state index contributed by atoms with van der Waals surface area (Å²) in [4.78, 5) is 26.8. The second kappa shape index (κ2) is 6.57. The van der Waals surface area contributed by atoms with Crippen LogP contribution in [0, 0.1) is 0 Å². The van der Waals surface area contributed by atoms with Gasteiger partial charge in [-0.15, -0.1) is 0 Å². The first-order valence-corrected chi connectivity index (χ1v) is 7.00. The van der Waals surface area contributed by atoms with Gasteiger partial charge in [0.15, 0.2) is 0 Å². The molecule has 116 valence electrons. The highest BCUT2D eigenvalue weighted by atomic mass is 16.4. The van der Waals surface area contributed by atoms with Crippen molar-refractivity contribution in [1.82, 2.24) is 19.6 Å². The highest BCUT2D eigenvalue weighted by molar-refractivity contribution is 5.89. The number of aliphatic carboxylic acids is 1. The SMILES string of the molecule is CCC1CN(C(=O)Nc2cnn(CC(=O)O)c2)CCN1C. The van der Waals surface area contributed by atoms with E-state index < -0.39 is 5.97 Å². The Bertz CT molecular complexity index is 516. The number of hydrogen-bond acceptors (Lipinski definition) is 4. The quantitative estimate of drug-likeness (QED) is 0.845. The number of anilines is 1. The fourth-order valence-corrected chi connectivity index (χ4v) is 2.43. The lowest BCUT2D eigenvalue weighted by Crippen LogP contribution is -2.53. The molecule has 8 heteroatoms. The van der Waals surface area contributed by atoms with E-state index in [2.05, 4.69) is 29.3 Å². The number of hydrogen-bond donors (Lipinski definition) is 2. The van der Waals surface area contributed by atoms with E-state index in [0.717, 1.165) is 13.0 Å². The molecule has 1 aromatic rings. The molecule has 0 bridgehead atoms. The normalized spacial score (nSPS) is 19.5. The Morgan fingerprint density at radius 3 is 2.90 bits per heavy atom. The van der Waals surface area contributed by atoms with Crippen molar-refractivity contribution in [2.75, 3.05) is 32.0 Å². The first-order chi connectivity index (χ1) is 9.99. The molecule has 0 aromatic carbocycles. The summed E-state index contributed by atoms with van der Waals surface area (Å²) < 4.78 is 1.27. The van der Waals surface area contributed by atoms with E-state index in [1.165, 1.54) is 17.1 Å². The molecule has 1 aliphatic heterocycles. The molecule has 2 amide bonds. The molecule has 8 nitrogen and oxygen atoms in total. The van der Waals surface area contributed by atoms with Crippen LogP contribution >= 0.6 is 0 Å². The predicted molar refractivity (Wildman–Crippen MR) is 77.2 cm³/mol. The van der Waals surface area contributed by atoms with Crippen LogP contribution in [0.1, 0.15) is 13.3 Å². The third-order valence-corrected chi connectivity index (χ3v) is 3.72. The number of amides is 2. The first-order valence-electron chi connectivity index (χ1n) is 7.00. The summed E-state index contributed by atoms with van der Waals surface area (Å²) in [6.45, 7) is 4.12. The van der Waals surface area contributed by atoms with Gasteiger partial charge < -0.3 is 15.3 Å². The monoisotopic (exact) mass is 295 g/mol. The molecule has 1 aliphatic rings. The Balaban J connectivity index is 1.92. The van der Waals surface area contributed by atoms with Gasteiger partial charge in [-0.25, -0.2) is 4.79 Å². The van der Waals surface area contributed by atoms with E-state index in [1.807, 2.05) is 0 Å². The zero-order valence-electron chi connectivity index (χ0n) is 12.3. The third-order valence-electron chi connectivity index (χ3n) is 3.72. The summed E-state index contributed by atoms with van der Waals surface area (Å²) in [6, 6.07) is 0.204. The molecular formula is C13H21N5O3. The molecule has 0 aliphatic carbocycles. The lowest BCUT2D eigenvalue weighted by Gasteiger charge is -2.38. The smallest absolute Gasteiger partial charge is 0.325 e. The zero-order chi connectivity index (χ0) is 15.4. The zero-order valence-corrected chi connectivity index (χ0v) is 12.3. The van der Waals surface area contributed by atoms with E-state index >= 15 is 0 Å². The van der Waals surface area contributed by atoms with Gasteiger partial charge in [0.05, 0.1) is 11.9 Å². The van der Waals surface area contributed by atoms with E-state index in [-0.39, 0.29) is 12.6 Å². The second-order valence-electron chi connectivity index (χ2n) is 5.24. The number of aromatic nitrogens is 2. The van der Waals surface area contributed by atoms with E-state index in [4.69, 9.17) is 5.11 Å². The topological polar surface area (TPSA) is 90.7 Å². The maximum Gasteiger partial charge on any atom is 0.325 e. The fraction of sp³-hybridized carbons (Fsp3) is 0.615. The summed E-state index contributed by atoms with van der Waals surface area (Å²) in [5, 5.41) is 15.3. The van der Waals surface area contributed by atoms with Crippen molar-refractivity contribution in [2.24, 2.45) is 0 Å². The van der Waals surface area contributed by atoms with E-state index in [1.54, 1.807) is 4.90 Å². The van der Waals surface area contributed by atoms with Gasteiger partial charge >= 0.3 is 12.0 Å². The molecule has 0 radical (unpaired) electrons. The van der Waals surface area contributed by atoms with Crippen molar-refractivity contribution in [3.05, 3.63) is 12.4 Å². The minimum atomic E-state index is -0.971. The number of carbonyl (C=O) groups excluding carboxylic acids is 1. The molecule has 1 aromatic heterocycles. The van der Waals surface area contributed by atoms with E-state index in [0.29, 0.717) is 24.8 Å². The number of likely N-dealkylation sites (N-methyl/N-ethyl adjacent to an activating group) is 1. The maximum absolute atomic E-state index is 12.2. The number of piperazine rings is 1. The number of rotatable bonds is 4. The molecule has 0 saturated carbocycles. The molecule has 1 saturated heterocycles. The summed E-state index contributed by atoms with van der Waals surface area (Å²) in [6.07, 6.45) is 3.96. The van der Waals surface area contributed by atoms with Crippen LogP contribution in [0.25, 0.3) is 0 Å². The molecule has 1 atom stereocenters. The molecule has 2 rings (SSSR count). The van der Waals surface area contributed by atoms with Gasteiger partial charge in [-0.05, 0) is 13.5 Å². The van der Waals surface area contributed by atoms with Gasteiger partial charge in [-0.3, -0.25) is 14.4 Å². The predicted octanol–water partition coefficient (Wildman–Crippen LogP) is 0.526. The molecule has 1 fully saturated rings. The van der Waals surface area contributed by atoms with Gasteiger partial charge in [0.1, 0.15) is 6.54 Å². The van der Waals surface area contributed by atoms with Crippen LogP contribution in [0.5, 0.6) is 0 Å². The lowest BCUT2D eigenvalue weighted by atomic mass is 10.1. The average Bonchev–Trinajstić information content (AvgIpc) is 2.85. The molecule has 0 spiro atoms. The minimum absolute atomic E-state index is 0.170. The van der Waals surface area contributed by atoms with Crippen LogP contribution in [-0.4, -0.2) is 69.4 Å². The van der Waals surface area contributed by atoms with Crippen molar-refractivity contribution in [3.8, 4) is 0 Å². The Morgan fingerprint density at radius 1 is 1.48 bits per heavy atom. The number of carboxylic acids is 1. The van der Waals surface area contributed by atoms with Crippen molar-refractivity contribution in [1.29, 1.82) is 0 Å². The average molecular weight is 295 g/mol. The van der Waals surface area contributed by atoms with Gasteiger partial charge in [0.25, 0.3) is 0 Å². The molecule has 2 heterocycles. The highest BCUT2D eigenvalue weighted by Gasteiger charge is 2.26. The van der Waals surface area contributed by atoms with Crippen LogP contribution in [0.3, 0.4) is 0 Å². The van der Waals surface area contributed by atoms with Crippen LogP contribution in [-0.2, 0) is 11.3 Å². The van der Waals surface area contributed by atoms with Crippen molar-refractivity contribution in [2.45, 2.75) is 25.9 Å². The van der Waals surface area contributed by atoms with Gasteiger partial charge in [-0.2, -0.15) is 5.10 Å². The summed E-state index contributed by atoms with van der Waals surface area (Å²) in [7, 11) is 2.07. The molecular weight excluding hydrogens is 274 g/mol. The van der Waals surface area contributed by atoms with Crippen molar-refractivity contribution in [3.63, 3.8) is 0 Å². The van der Waals surface area contributed by atoms with Crippen LogP contribution in [0.2, 0.25) is 0 Å². The summed E-state index contributed by atoms with van der Waals surface area (Å²) in [5.74, 6) is -0.971. The Morgan fingerprint density at radius 2 is 2.24 bits per heavy atom. The van der Waals surface area contributed by atoms with Gasteiger partial charge in [0.2, 0.25) is 0 Å². The van der Waals surface area contributed by atoms with E-state index in [9.17, 15) is 9.59 Å². The van der Waals surface area contributed by atoms with Crippen LogP contribution in [0.4, 0.5) is 10.5 Å². The number of nitrogens with one attached hydrogen (secondary N) is 1. The Labute approximate surface area is 123 Å². The minimum Gasteiger partial charge on any atom is -0.480 e. The highest BCUT2D eigenvalue weighted by Crippen LogP contribution is 2.13. The molecule has 1 unspecified atom stereocenters. The second-order valence-corrected chi connectivity index (χ2v) is 5.24. The maximum atomic E-state index is 12.2. The third kappa shape index (κ3) is 3.94. The lowest BCUT2D eigenvalue weighted by molar-refractivity contribution is -0.137. The van der Waals surface area contributed by atoms with Crippen LogP contribution in [0.15, 0.2) is 12.4 Å². The van der Waals surface area contributed by atoms with Crippen molar-refractivity contribution < 1.29 is 14.7 Å². The van der Waals surface area contributed by atoms with Crippen LogP contribution < -0.4 is 5.32 Å². The van der Waals surface area contributed by atoms with Gasteiger partial charge in [0, 0.05) is 31.9 Å². The standard InChI is InChI=1S/C13H21N5O3/c1-3-11-8-17(5-4-16(11)2)13(21)15-10-6-14-18(7-10)9-12(19)20/h6-7,11H,3-5,8-9H2,1-2H3,(H,15,21)(H,19,20). The number of carbonyl (C=O) groups is 2. The molecule has 2 N–H and O–H groups in total. The number of nitrogens with zero attached hydrogens (tertiary/aromatic N) is 4. The summed E-state index contributed by atoms with van der Waals surface area (Å²) in [5.41, 5.74) is 0.508. The fourth-order valence-electron chi connectivity index (χ4n) is 2.43. The molecule has 21 heavy (non-hydrogen) atoms. The summed E-state index contributed by atoms with van der Waals surface area (Å²) >= 11 is 0. The van der Waals surface area contributed by atoms with Gasteiger partial charge in [-0.1, -0.05) is 6.92 Å². The largest absolute Gasteiger partial charge is 0.480 e. The number of urea groups is 1. The number of carboxylic acid groups (broad SMARTS) is 1. The Kier molecular flexibility index (Phi) is 4.79. The van der Waals surface area contributed by atoms with Crippen molar-refractivity contribution >= 4 is 17.7 Å². The first kappa shape index (κ1) is 15.3.